The Morgan fingerprint density at radius 2 is 1.85 bits per heavy atom. The summed E-state index contributed by atoms with van der Waals surface area (Å²) in [5, 5.41) is 20.2. The predicted molar refractivity (Wildman–Crippen MR) is 104 cm³/mol. The lowest BCUT2D eigenvalue weighted by molar-refractivity contribution is -0.192. The highest BCUT2D eigenvalue weighted by molar-refractivity contribution is 7.15. The molecular weight excluding hydrogens is 484 g/mol. The van der Waals surface area contributed by atoms with Crippen molar-refractivity contribution in [3.8, 4) is 0 Å². The number of amides is 2. The molecule has 2 amide bonds. The van der Waals surface area contributed by atoms with Gasteiger partial charge in [0.05, 0.1) is 6.04 Å². The van der Waals surface area contributed by atoms with Gasteiger partial charge in [-0.05, 0) is 25.8 Å². The van der Waals surface area contributed by atoms with E-state index in [4.69, 9.17) is 9.90 Å². The van der Waals surface area contributed by atoms with E-state index in [1.165, 1.54) is 6.08 Å². The largest absolute Gasteiger partial charge is 0.490 e. The van der Waals surface area contributed by atoms with E-state index in [2.05, 4.69) is 26.1 Å². The van der Waals surface area contributed by atoms with Gasteiger partial charge in [-0.1, -0.05) is 30.8 Å². The normalized spacial score (nSPS) is 17.6. The maximum absolute atomic E-state index is 12.4. The number of aliphatic carboxylic acids is 1. The van der Waals surface area contributed by atoms with Gasteiger partial charge in [0.2, 0.25) is 22.0 Å². The molecule has 0 spiro atoms. The number of carboxylic acid groups (broad SMARTS) is 1. The zero-order valence-corrected chi connectivity index (χ0v) is 17.9. The average molecular weight is 505 g/mol. The van der Waals surface area contributed by atoms with Gasteiger partial charge in [-0.15, -0.1) is 10.2 Å². The molecule has 1 aliphatic heterocycles. The third-order valence-corrected chi connectivity index (χ3v) is 4.90. The summed E-state index contributed by atoms with van der Waals surface area (Å²) in [5.74, 6) is -3.52. The lowest BCUT2D eigenvalue weighted by Crippen LogP contribution is -2.49. The van der Waals surface area contributed by atoms with Gasteiger partial charge in [0.1, 0.15) is 0 Å². The van der Waals surface area contributed by atoms with E-state index in [9.17, 15) is 35.9 Å². The van der Waals surface area contributed by atoms with E-state index in [0.717, 1.165) is 31.9 Å². The molecule has 1 saturated heterocycles. The molecule has 16 heteroatoms. The van der Waals surface area contributed by atoms with Crippen molar-refractivity contribution < 1.29 is 45.8 Å². The predicted octanol–water partition coefficient (Wildman–Crippen LogP) is 2.72. The summed E-state index contributed by atoms with van der Waals surface area (Å²) in [4.78, 5) is 32.9. The molecule has 0 radical (unpaired) electrons. The molecule has 186 valence electrons. The van der Waals surface area contributed by atoms with Crippen LogP contribution in [0.3, 0.4) is 0 Å². The van der Waals surface area contributed by atoms with Crippen LogP contribution in [-0.2, 0) is 20.6 Å². The molecule has 0 saturated carbocycles. The fraction of sp³-hybridized carbons (Fsp3) is 0.588. The average Bonchev–Trinajstić information content (AvgIpc) is 3.20. The number of hydrogen-bond acceptors (Lipinski definition) is 7. The molecular formula is C17H21F6N5O4S. The van der Waals surface area contributed by atoms with Gasteiger partial charge in [-0.3, -0.25) is 14.9 Å². The van der Waals surface area contributed by atoms with Crippen LogP contribution in [0.5, 0.6) is 0 Å². The number of carbonyl (C=O) groups is 3. The molecule has 2 heterocycles. The van der Waals surface area contributed by atoms with E-state index in [1.54, 1.807) is 0 Å². The molecule has 1 aromatic heterocycles. The number of rotatable bonds is 6. The van der Waals surface area contributed by atoms with E-state index < -0.39 is 29.2 Å². The summed E-state index contributed by atoms with van der Waals surface area (Å²) in [6.07, 6.45) is -3.64. The number of alkyl halides is 6. The van der Waals surface area contributed by atoms with Crippen LogP contribution in [0.4, 0.5) is 31.5 Å². The molecule has 0 aromatic carbocycles. The van der Waals surface area contributed by atoms with Gasteiger partial charge in [0.25, 0.3) is 0 Å². The van der Waals surface area contributed by atoms with Crippen molar-refractivity contribution in [2.75, 3.05) is 11.9 Å². The fourth-order valence-electron chi connectivity index (χ4n) is 2.38. The van der Waals surface area contributed by atoms with E-state index >= 15 is 0 Å². The lowest BCUT2D eigenvalue weighted by atomic mass is 10.0. The Bertz CT molecular complexity index is 837. The summed E-state index contributed by atoms with van der Waals surface area (Å²) in [6.45, 7) is 2.65. The maximum atomic E-state index is 12.4. The number of anilines is 1. The number of aromatic nitrogens is 2. The molecule has 1 fully saturated rings. The van der Waals surface area contributed by atoms with Crippen LogP contribution in [0.25, 0.3) is 0 Å². The Balaban J connectivity index is 0.000000675. The summed E-state index contributed by atoms with van der Waals surface area (Å²) in [5.41, 5.74) is 0. The van der Waals surface area contributed by atoms with Gasteiger partial charge >= 0.3 is 18.3 Å². The van der Waals surface area contributed by atoms with E-state index in [0.29, 0.717) is 6.42 Å². The molecule has 9 nitrogen and oxygen atoms in total. The smallest absolute Gasteiger partial charge is 0.475 e. The first-order chi connectivity index (χ1) is 15.2. The summed E-state index contributed by atoms with van der Waals surface area (Å²) in [6, 6.07) is -0.584. The monoisotopic (exact) mass is 505 g/mol. The quantitative estimate of drug-likeness (QED) is 0.345. The first-order valence-corrected chi connectivity index (χ1v) is 10.3. The minimum absolute atomic E-state index is 0.124. The Labute approximate surface area is 187 Å². The molecule has 4 N–H and O–H groups in total. The molecule has 0 aliphatic carbocycles. The third-order valence-electron chi connectivity index (χ3n) is 4.01. The second-order valence-electron chi connectivity index (χ2n) is 6.59. The van der Waals surface area contributed by atoms with Crippen molar-refractivity contribution in [3.63, 3.8) is 0 Å². The molecule has 2 rings (SSSR count). The minimum atomic E-state index is -5.08. The van der Waals surface area contributed by atoms with Gasteiger partial charge in [0.15, 0.2) is 0 Å². The van der Waals surface area contributed by atoms with Gasteiger partial charge in [-0.25, -0.2) is 4.79 Å². The standard InChI is InChI=1S/C15H20F3N5O2S.C2HF3O2/c1-2-9(20-12(25)10-5-3-4-8-19-10)6-7-11(24)21-14-23-22-13(26-14)15(16,17)18;3-2(4,5)1(6)7/h6-7,9-10,19H,2-5,8H2,1H3,(H,20,25)(H,21,23,24);(H,6,7)/t9-,10-;/m0./s1. The number of carboxylic acids is 1. The topological polar surface area (TPSA) is 133 Å². The number of carbonyl (C=O) groups excluding carboxylic acids is 2. The van der Waals surface area contributed by atoms with Crippen LogP contribution in [0.1, 0.15) is 37.6 Å². The van der Waals surface area contributed by atoms with Crippen molar-refractivity contribution in [1.82, 2.24) is 20.8 Å². The number of hydrogen-bond donors (Lipinski definition) is 4. The van der Waals surface area contributed by atoms with Gasteiger partial charge in [0, 0.05) is 12.1 Å². The summed E-state index contributed by atoms with van der Waals surface area (Å²) >= 11 is 0.247. The highest BCUT2D eigenvalue weighted by Crippen LogP contribution is 2.32. The second kappa shape index (κ2) is 12.5. The number of piperidine rings is 1. The second-order valence-corrected chi connectivity index (χ2v) is 7.56. The highest BCUT2D eigenvalue weighted by atomic mass is 32.1. The molecule has 33 heavy (non-hydrogen) atoms. The van der Waals surface area contributed by atoms with E-state index in [1.807, 2.05) is 6.92 Å². The highest BCUT2D eigenvalue weighted by Gasteiger charge is 2.38. The van der Waals surface area contributed by atoms with Crippen molar-refractivity contribution >= 4 is 34.3 Å². The molecule has 1 aliphatic rings. The van der Waals surface area contributed by atoms with Crippen LogP contribution in [0.2, 0.25) is 0 Å². The third kappa shape index (κ3) is 10.6. The van der Waals surface area contributed by atoms with Crippen molar-refractivity contribution in [3.05, 3.63) is 17.2 Å². The van der Waals surface area contributed by atoms with Crippen molar-refractivity contribution in [2.24, 2.45) is 0 Å². The SMILES string of the molecule is CC[C@@H](C=CC(=O)Nc1nnc(C(F)(F)F)s1)NC(=O)[C@@H]1CCCCN1.O=C(O)C(F)(F)F. The molecule has 0 bridgehead atoms. The van der Waals surface area contributed by atoms with Crippen LogP contribution in [-0.4, -0.2) is 57.9 Å². The molecule has 1 aromatic rings. The Kier molecular flexibility index (Phi) is 10.7. The maximum Gasteiger partial charge on any atom is 0.490 e. The Morgan fingerprint density at radius 1 is 1.21 bits per heavy atom. The van der Waals surface area contributed by atoms with Crippen molar-refractivity contribution in [1.29, 1.82) is 0 Å². The number of nitrogens with zero attached hydrogens (tertiary/aromatic N) is 2. The zero-order chi connectivity index (χ0) is 25.2. The van der Waals surface area contributed by atoms with Crippen LogP contribution in [0, 0.1) is 0 Å². The van der Waals surface area contributed by atoms with Gasteiger partial charge in [-0.2, -0.15) is 26.3 Å². The van der Waals surface area contributed by atoms with Gasteiger partial charge < -0.3 is 15.7 Å². The Morgan fingerprint density at radius 3 is 2.30 bits per heavy atom. The first-order valence-electron chi connectivity index (χ1n) is 9.47. The van der Waals surface area contributed by atoms with Crippen LogP contribution in [0.15, 0.2) is 12.2 Å². The summed E-state index contributed by atoms with van der Waals surface area (Å²) in [7, 11) is 0. The fourth-order valence-corrected chi connectivity index (χ4v) is 3.00. The van der Waals surface area contributed by atoms with E-state index in [-0.39, 0.29) is 34.5 Å². The van der Waals surface area contributed by atoms with Crippen LogP contribution >= 0.6 is 11.3 Å². The van der Waals surface area contributed by atoms with Crippen LogP contribution < -0.4 is 16.0 Å². The first kappa shape index (κ1) is 28.3. The molecule has 2 atom stereocenters. The lowest BCUT2D eigenvalue weighted by Gasteiger charge is -2.24. The molecule has 0 unspecified atom stereocenters. The minimum Gasteiger partial charge on any atom is -0.475 e. The number of nitrogens with one attached hydrogen (secondary N) is 3. The Hall–Kier alpha value is -2.75. The zero-order valence-electron chi connectivity index (χ0n) is 17.1. The summed E-state index contributed by atoms with van der Waals surface area (Å²) < 4.78 is 69.1. The number of halogens is 6. The van der Waals surface area contributed by atoms with Crippen molar-refractivity contribution in [2.45, 2.75) is 57.0 Å².